The molecule has 0 fully saturated rings. The number of hydrogen-bond donors (Lipinski definition) is 4. The van der Waals surface area contributed by atoms with E-state index in [-0.39, 0.29) is 23.2 Å². The lowest BCUT2D eigenvalue weighted by Crippen LogP contribution is -2.14. The van der Waals surface area contributed by atoms with E-state index in [0.29, 0.717) is 11.3 Å². The lowest BCUT2D eigenvalue weighted by molar-refractivity contribution is 0.0651. The first-order valence-electron chi connectivity index (χ1n) is 6.12. The minimum Gasteiger partial charge on any atom is -0.478 e. The molecule has 0 saturated carbocycles. The van der Waals surface area contributed by atoms with Crippen molar-refractivity contribution in [3.05, 3.63) is 58.7 Å². The molecule has 0 bridgehead atoms. The van der Waals surface area contributed by atoms with E-state index < -0.39 is 11.9 Å². The smallest absolute Gasteiger partial charge is 0.338 e. The summed E-state index contributed by atoms with van der Waals surface area (Å²) in [5.74, 6) is -2.67. The van der Waals surface area contributed by atoms with Gasteiger partial charge >= 0.3 is 11.9 Å². The first-order valence-corrected chi connectivity index (χ1v) is 6.12. The van der Waals surface area contributed by atoms with E-state index in [2.05, 4.69) is 0 Å². The van der Waals surface area contributed by atoms with Crippen molar-refractivity contribution in [2.45, 2.75) is 6.42 Å². The molecule has 0 heterocycles. The molecule has 0 atom stereocenters. The molecule has 2 aromatic rings. The summed E-state index contributed by atoms with van der Waals surface area (Å²) < 4.78 is 0. The van der Waals surface area contributed by atoms with Crippen LogP contribution in [0.1, 0.15) is 31.8 Å². The molecule has 2 aromatic carbocycles. The number of aromatic carboxylic acids is 2. The highest BCUT2D eigenvalue weighted by Crippen LogP contribution is 2.24. The fraction of sp³-hybridized carbons (Fsp3) is 0.0667. The summed E-state index contributed by atoms with van der Waals surface area (Å²) in [6, 6.07) is 9.86. The summed E-state index contributed by atoms with van der Waals surface area (Å²) >= 11 is 0. The van der Waals surface area contributed by atoms with Crippen LogP contribution in [0.4, 0.5) is 11.4 Å². The normalized spacial score (nSPS) is 10.3. The number of hydrogen-bond acceptors (Lipinski definition) is 4. The Morgan fingerprint density at radius 2 is 1.43 bits per heavy atom. The lowest BCUT2D eigenvalue weighted by Gasteiger charge is -2.11. The fourth-order valence-corrected chi connectivity index (χ4v) is 2.14. The Bertz CT molecular complexity index is 708. The number of nitrogen functional groups attached to an aromatic ring is 2. The van der Waals surface area contributed by atoms with Gasteiger partial charge in [-0.2, -0.15) is 0 Å². The van der Waals surface area contributed by atoms with Gasteiger partial charge in [0.25, 0.3) is 0 Å². The van der Waals surface area contributed by atoms with Crippen molar-refractivity contribution in [2.75, 3.05) is 11.5 Å². The largest absolute Gasteiger partial charge is 0.478 e. The second-order valence-electron chi connectivity index (χ2n) is 4.59. The Morgan fingerprint density at radius 3 is 1.95 bits per heavy atom. The predicted molar refractivity (Wildman–Crippen MR) is 78.4 cm³/mol. The highest BCUT2D eigenvalue weighted by molar-refractivity contribution is 6.06. The average Bonchev–Trinajstić information content (AvgIpc) is 2.42. The van der Waals surface area contributed by atoms with Gasteiger partial charge in [-0.05, 0) is 35.7 Å². The molecule has 0 aliphatic heterocycles. The van der Waals surface area contributed by atoms with Crippen LogP contribution in [0.25, 0.3) is 0 Å². The van der Waals surface area contributed by atoms with Gasteiger partial charge in [0.15, 0.2) is 0 Å². The molecule has 0 aromatic heterocycles. The van der Waals surface area contributed by atoms with Crippen LogP contribution >= 0.6 is 0 Å². The zero-order valence-electron chi connectivity index (χ0n) is 11.0. The van der Waals surface area contributed by atoms with Crippen LogP contribution in [-0.2, 0) is 6.42 Å². The Kier molecular flexibility index (Phi) is 3.80. The number of carboxylic acid groups (broad SMARTS) is 2. The molecule has 0 unspecified atom stereocenters. The van der Waals surface area contributed by atoms with Gasteiger partial charge in [0.1, 0.15) is 0 Å². The first kappa shape index (κ1) is 14.4. The number of benzene rings is 2. The van der Waals surface area contributed by atoms with Crippen LogP contribution in [-0.4, -0.2) is 22.2 Å². The van der Waals surface area contributed by atoms with Gasteiger partial charge in [-0.3, -0.25) is 0 Å². The third-order valence-electron chi connectivity index (χ3n) is 3.13. The number of rotatable bonds is 4. The molecule has 108 valence electrons. The molecule has 0 amide bonds. The zero-order valence-corrected chi connectivity index (χ0v) is 11.0. The first-order chi connectivity index (χ1) is 9.90. The maximum atomic E-state index is 11.4. The third kappa shape index (κ3) is 2.94. The molecule has 0 aliphatic rings. The highest BCUT2D eigenvalue weighted by Gasteiger charge is 2.23. The molecule has 2 rings (SSSR count). The van der Waals surface area contributed by atoms with E-state index in [1.54, 1.807) is 24.3 Å². The van der Waals surface area contributed by atoms with Gasteiger partial charge in [0.05, 0.1) is 11.1 Å². The molecule has 6 nitrogen and oxygen atoms in total. The maximum absolute atomic E-state index is 11.4. The van der Waals surface area contributed by atoms with Crippen LogP contribution in [0.2, 0.25) is 0 Å². The summed E-state index contributed by atoms with van der Waals surface area (Å²) in [4.78, 5) is 22.6. The predicted octanol–water partition coefficient (Wildman–Crippen LogP) is 1.84. The van der Waals surface area contributed by atoms with Crippen molar-refractivity contribution in [1.82, 2.24) is 0 Å². The van der Waals surface area contributed by atoms with E-state index in [1.165, 1.54) is 12.1 Å². The second kappa shape index (κ2) is 5.54. The number of carbonyl (C=O) groups is 2. The Labute approximate surface area is 120 Å². The zero-order chi connectivity index (χ0) is 15.6. The Morgan fingerprint density at radius 1 is 0.857 bits per heavy atom. The summed E-state index contributed by atoms with van der Waals surface area (Å²) in [5.41, 5.74) is 12.3. The van der Waals surface area contributed by atoms with Crippen molar-refractivity contribution in [1.29, 1.82) is 0 Å². The number of nitrogens with two attached hydrogens (primary N) is 2. The molecule has 0 aliphatic carbocycles. The standard InChI is InChI=1S/C15H14N2O4/c16-10-4-1-8(2-5-10)7-9-3-6-11(17)13(15(20)21)12(9)14(18)19/h1-6H,7,16-17H2,(H,18,19)(H,20,21). The van der Waals surface area contributed by atoms with Crippen molar-refractivity contribution in [3.63, 3.8) is 0 Å². The minimum absolute atomic E-state index is 0.0686. The van der Waals surface area contributed by atoms with Crippen molar-refractivity contribution in [3.8, 4) is 0 Å². The van der Waals surface area contributed by atoms with Crippen LogP contribution in [0.15, 0.2) is 36.4 Å². The summed E-state index contributed by atoms with van der Waals surface area (Å²) in [7, 11) is 0. The summed E-state index contributed by atoms with van der Waals surface area (Å²) in [5, 5.41) is 18.5. The average molecular weight is 286 g/mol. The van der Waals surface area contributed by atoms with Crippen LogP contribution in [0.5, 0.6) is 0 Å². The van der Waals surface area contributed by atoms with Gasteiger partial charge in [-0.25, -0.2) is 9.59 Å². The number of anilines is 2. The molecule has 0 radical (unpaired) electrons. The third-order valence-corrected chi connectivity index (χ3v) is 3.13. The molecule has 6 heteroatoms. The molecule has 21 heavy (non-hydrogen) atoms. The monoisotopic (exact) mass is 286 g/mol. The summed E-state index contributed by atoms with van der Waals surface area (Å²) in [6.45, 7) is 0. The van der Waals surface area contributed by atoms with E-state index in [9.17, 15) is 14.7 Å². The SMILES string of the molecule is Nc1ccc(Cc2ccc(N)c(C(=O)O)c2C(=O)O)cc1. The fourth-order valence-electron chi connectivity index (χ4n) is 2.14. The highest BCUT2D eigenvalue weighted by atomic mass is 16.4. The molecular formula is C15H14N2O4. The summed E-state index contributed by atoms with van der Waals surface area (Å²) in [6.07, 6.45) is 0.280. The quantitative estimate of drug-likeness (QED) is 0.635. The maximum Gasteiger partial charge on any atom is 0.338 e. The molecule has 0 spiro atoms. The van der Waals surface area contributed by atoms with Gasteiger partial charge in [0.2, 0.25) is 0 Å². The number of carboxylic acids is 2. The van der Waals surface area contributed by atoms with Crippen molar-refractivity contribution >= 4 is 23.3 Å². The van der Waals surface area contributed by atoms with Gasteiger partial charge < -0.3 is 21.7 Å². The molecule has 0 saturated heterocycles. The van der Waals surface area contributed by atoms with Gasteiger partial charge in [-0.15, -0.1) is 0 Å². The van der Waals surface area contributed by atoms with E-state index in [0.717, 1.165) is 5.56 Å². The Hall–Kier alpha value is -3.02. The van der Waals surface area contributed by atoms with E-state index in [1.807, 2.05) is 0 Å². The van der Waals surface area contributed by atoms with Crippen LogP contribution < -0.4 is 11.5 Å². The van der Waals surface area contributed by atoms with E-state index in [4.69, 9.17) is 16.6 Å². The Balaban J connectivity index is 2.53. The minimum atomic E-state index is -1.36. The van der Waals surface area contributed by atoms with Crippen molar-refractivity contribution in [2.24, 2.45) is 0 Å². The van der Waals surface area contributed by atoms with Crippen LogP contribution in [0.3, 0.4) is 0 Å². The molecule has 6 N–H and O–H groups in total. The van der Waals surface area contributed by atoms with Gasteiger partial charge in [-0.1, -0.05) is 18.2 Å². The topological polar surface area (TPSA) is 127 Å². The second-order valence-corrected chi connectivity index (χ2v) is 4.59. The van der Waals surface area contributed by atoms with Crippen molar-refractivity contribution < 1.29 is 19.8 Å². The van der Waals surface area contributed by atoms with Gasteiger partial charge in [0, 0.05) is 11.4 Å². The molecular weight excluding hydrogens is 272 g/mol. The van der Waals surface area contributed by atoms with E-state index >= 15 is 0 Å². The van der Waals surface area contributed by atoms with Crippen LogP contribution in [0, 0.1) is 0 Å². The lowest BCUT2D eigenvalue weighted by atomic mass is 9.94.